The number of aryl methyl sites for hydroxylation is 1. The summed E-state index contributed by atoms with van der Waals surface area (Å²) in [4.78, 5) is 10.8. The van der Waals surface area contributed by atoms with Gasteiger partial charge in [-0.15, -0.1) is 0 Å². The van der Waals surface area contributed by atoms with Gasteiger partial charge in [0.2, 0.25) is 0 Å². The van der Waals surface area contributed by atoms with Crippen LogP contribution in [0.25, 0.3) is 0 Å². The topological polar surface area (TPSA) is 77.8 Å². The highest BCUT2D eigenvalue weighted by atomic mass is 16.4. The number of unbranched alkanes of at least 4 members (excludes halogenated alkanes) is 1. The fraction of sp³-hybridized carbons (Fsp3) is 0.174. The summed E-state index contributed by atoms with van der Waals surface area (Å²) in [5.41, 5.74) is 1.38. The Morgan fingerprint density at radius 2 is 1.19 bits per heavy atom. The van der Waals surface area contributed by atoms with Crippen LogP contribution in [0.15, 0.2) is 84.9 Å². The summed E-state index contributed by atoms with van der Waals surface area (Å²) in [6.07, 6.45) is 3.00. The summed E-state index contributed by atoms with van der Waals surface area (Å²) < 4.78 is 0. The van der Waals surface area contributed by atoms with E-state index in [1.807, 2.05) is 24.3 Å². The summed E-state index contributed by atoms with van der Waals surface area (Å²) >= 11 is 0. The number of carboxylic acid groups (broad SMARTS) is 1. The van der Waals surface area contributed by atoms with Gasteiger partial charge in [-0.1, -0.05) is 67.9 Å². The van der Waals surface area contributed by atoms with Crippen LogP contribution in [0.4, 0.5) is 0 Å². The van der Waals surface area contributed by atoms with Crippen LogP contribution >= 0.6 is 0 Å². The van der Waals surface area contributed by atoms with E-state index < -0.39 is 5.97 Å². The monoisotopic (exact) mass is 366 g/mol. The Hall–Kier alpha value is -3.27. The lowest BCUT2D eigenvalue weighted by Gasteiger charge is -2.03. The fourth-order valence-corrected chi connectivity index (χ4v) is 2.17. The number of aromatic carboxylic acids is 1. The van der Waals surface area contributed by atoms with E-state index in [0.717, 1.165) is 24.8 Å². The third kappa shape index (κ3) is 9.70. The number of aromatic hydroxyl groups is 2. The van der Waals surface area contributed by atoms with Crippen LogP contribution in [0.5, 0.6) is 11.5 Å². The molecule has 0 saturated heterocycles. The first kappa shape index (κ1) is 21.8. The van der Waals surface area contributed by atoms with E-state index >= 15 is 0 Å². The Labute approximate surface area is 160 Å². The largest absolute Gasteiger partial charge is 0.508 e. The molecule has 3 rings (SSSR count). The minimum atomic E-state index is -0.827. The minimum Gasteiger partial charge on any atom is -0.508 e. The smallest absolute Gasteiger partial charge is 0.335 e. The molecular weight excluding hydrogens is 340 g/mol. The number of carboxylic acids is 1. The van der Waals surface area contributed by atoms with E-state index in [0.29, 0.717) is 17.1 Å². The van der Waals surface area contributed by atoms with Crippen LogP contribution in [0.1, 0.15) is 35.7 Å². The molecule has 0 radical (unpaired) electrons. The van der Waals surface area contributed by atoms with Crippen molar-refractivity contribution >= 4 is 5.97 Å². The minimum absolute atomic E-state index is 0.322. The van der Waals surface area contributed by atoms with Gasteiger partial charge in [0, 0.05) is 0 Å². The predicted molar refractivity (Wildman–Crippen MR) is 108 cm³/mol. The van der Waals surface area contributed by atoms with Gasteiger partial charge in [-0.25, -0.2) is 4.79 Å². The highest BCUT2D eigenvalue weighted by Crippen LogP contribution is 2.11. The summed E-state index contributed by atoms with van der Waals surface area (Å²) in [6.45, 7) is 2.10. The zero-order valence-corrected chi connectivity index (χ0v) is 15.5. The molecule has 4 heteroatoms. The molecule has 3 aromatic rings. The van der Waals surface area contributed by atoms with Gasteiger partial charge in [-0.3, -0.25) is 0 Å². The van der Waals surface area contributed by atoms with Crippen molar-refractivity contribution in [3.05, 3.63) is 96.1 Å². The standard InChI is InChI=1S/C11H14O2.2C6H6O/c1-2-3-6-9-7-4-5-8-10(9)11(12)13;2*7-6-4-2-1-3-5-6/h4-5,7-8H,2-3,6H2,1H3,(H,12,13);2*1-5,7H. The molecule has 27 heavy (non-hydrogen) atoms. The maximum Gasteiger partial charge on any atom is 0.335 e. The molecule has 142 valence electrons. The lowest BCUT2D eigenvalue weighted by Crippen LogP contribution is -2.01. The summed E-state index contributed by atoms with van der Waals surface area (Å²) in [7, 11) is 0. The molecule has 0 aliphatic carbocycles. The van der Waals surface area contributed by atoms with Crippen molar-refractivity contribution in [1.29, 1.82) is 0 Å². The molecule has 0 aliphatic heterocycles. The van der Waals surface area contributed by atoms with E-state index in [9.17, 15) is 4.79 Å². The summed E-state index contributed by atoms with van der Waals surface area (Å²) in [5.74, 6) is -0.184. The van der Waals surface area contributed by atoms with E-state index in [-0.39, 0.29) is 0 Å². The van der Waals surface area contributed by atoms with Crippen LogP contribution in [-0.2, 0) is 6.42 Å². The van der Waals surface area contributed by atoms with Crippen molar-refractivity contribution in [3.63, 3.8) is 0 Å². The first-order valence-corrected chi connectivity index (χ1v) is 8.83. The second kappa shape index (κ2) is 13.0. The van der Waals surface area contributed by atoms with Crippen molar-refractivity contribution in [2.24, 2.45) is 0 Å². The second-order valence-corrected chi connectivity index (χ2v) is 5.74. The van der Waals surface area contributed by atoms with Crippen molar-refractivity contribution in [2.45, 2.75) is 26.2 Å². The Morgan fingerprint density at radius 3 is 1.56 bits per heavy atom. The fourth-order valence-electron chi connectivity index (χ4n) is 2.17. The molecule has 3 aromatic carbocycles. The summed E-state index contributed by atoms with van der Waals surface area (Å²) in [5, 5.41) is 26.1. The Kier molecular flexibility index (Phi) is 10.5. The molecule has 0 spiro atoms. The number of phenols is 2. The van der Waals surface area contributed by atoms with Gasteiger partial charge >= 0.3 is 5.97 Å². The van der Waals surface area contributed by atoms with Gasteiger partial charge < -0.3 is 15.3 Å². The van der Waals surface area contributed by atoms with E-state index in [2.05, 4.69) is 6.92 Å². The van der Waals surface area contributed by atoms with Crippen molar-refractivity contribution < 1.29 is 20.1 Å². The number of hydrogen-bond donors (Lipinski definition) is 3. The maximum atomic E-state index is 10.8. The highest BCUT2D eigenvalue weighted by Gasteiger charge is 2.07. The lowest BCUT2D eigenvalue weighted by atomic mass is 10.0. The number of carbonyl (C=O) groups is 1. The molecular formula is C23H26O4. The Balaban J connectivity index is 0.000000220. The number of benzene rings is 3. The highest BCUT2D eigenvalue weighted by molar-refractivity contribution is 5.89. The second-order valence-electron chi connectivity index (χ2n) is 5.74. The molecule has 0 aliphatic rings. The Bertz CT molecular complexity index is 733. The SMILES string of the molecule is CCCCc1ccccc1C(=O)O.Oc1ccccc1.Oc1ccccc1. The van der Waals surface area contributed by atoms with Crippen molar-refractivity contribution in [3.8, 4) is 11.5 Å². The average molecular weight is 366 g/mol. The quantitative estimate of drug-likeness (QED) is 0.569. The molecule has 0 bridgehead atoms. The number of hydrogen-bond acceptors (Lipinski definition) is 3. The van der Waals surface area contributed by atoms with Crippen LogP contribution in [0.2, 0.25) is 0 Å². The lowest BCUT2D eigenvalue weighted by molar-refractivity contribution is 0.0695. The number of para-hydroxylation sites is 2. The molecule has 0 atom stereocenters. The molecule has 0 aromatic heterocycles. The Morgan fingerprint density at radius 1 is 0.741 bits per heavy atom. The van der Waals surface area contributed by atoms with Gasteiger partial charge in [-0.05, 0) is 48.7 Å². The normalized spacial score (nSPS) is 9.22. The molecule has 0 saturated carbocycles. The number of rotatable bonds is 4. The van der Waals surface area contributed by atoms with Gasteiger partial charge in [0.1, 0.15) is 11.5 Å². The molecule has 3 N–H and O–H groups in total. The van der Waals surface area contributed by atoms with Gasteiger partial charge in [0.25, 0.3) is 0 Å². The third-order valence-electron chi connectivity index (χ3n) is 3.56. The first-order chi connectivity index (χ1) is 13.0. The first-order valence-electron chi connectivity index (χ1n) is 8.83. The van der Waals surface area contributed by atoms with Gasteiger partial charge in [0.15, 0.2) is 0 Å². The van der Waals surface area contributed by atoms with Crippen molar-refractivity contribution in [2.75, 3.05) is 0 Å². The van der Waals surface area contributed by atoms with E-state index in [4.69, 9.17) is 15.3 Å². The van der Waals surface area contributed by atoms with Crippen molar-refractivity contribution in [1.82, 2.24) is 0 Å². The van der Waals surface area contributed by atoms with Gasteiger partial charge in [-0.2, -0.15) is 0 Å². The van der Waals surface area contributed by atoms with Crippen LogP contribution in [-0.4, -0.2) is 21.3 Å². The molecule has 0 heterocycles. The number of phenolic OH excluding ortho intramolecular Hbond substituents is 2. The van der Waals surface area contributed by atoms with Crippen LogP contribution in [0, 0.1) is 0 Å². The maximum absolute atomic E-state index is 10.8. The molecule has 4 nitrogen and oxygen atoms in total. The zero-order chi connectivity index (χ0) is 19.9. The molecule has 0 fully saturated rings. The van der Waals surface area contributed by atoms with Gasteiger partial charge in [0.05, 0.1) is 5.56 Å². The third-order valence-corrected chi connectivity index (χ3v) is 3.56. The van der Waals surface area contributed by atoms with E-state index in [1.165, 1.54) is 0 Å². The molecule has 0 amide bonds. The van der Waals surface area contributed by atoms with Crippen LogP contribution < -0.4 is 0 Å². The average Bonchev–Trinajstić information content (AvgIpc) is 2.69. The van der Waals surface area contributed by atoms with E-state index in [1.54, 1.807) is 60.7 Å². The molecule has 0 unspecified atom stereocenters. The zero-order valence-electron chi connectivity index (χ0n) is 15.5. The van der Waals surface area contributed by atoms with Crippen LogP contribution in [0.3, 0.4) is 0 Å². The summed E-state index contributed by atoms with van der Waals surface area (Å²) in [6, 6.07) is 24.6. The predicted octanol–water partition coefficient (Wildman–Crippen LogP) is 5.51.